The van der Waals surface area contributed by atoms with Crippen LogP contribution in [0.1, 0.15) is 17.3 Å². The molecule has 0 saturated carbocycles. The summed E-state index contributed by atoms with van der Waals surface area (Å²) in [6, 6.07) is 8.14. The van der Waals surface area contributed by atoms with E-state index in [9.17, 15) is 4.79 Å². The molecule has 3 aromatic rings. The zero-order valence-corrected chi connectivity index (χ0v) is 14.3. The smallest absolute Gasteiger partial charge is 0.230 e. The topological polar surface area (TPSA) is 83.6 Å². The van der Waals surface area contributed by atoms with Gasteiger partial charge in [0.05, 0.1) is 21.0 Å². The van der Waals surface area contributed by atoms with E-state index in [1.165, 1.54) is 16.5 Å². The van der Waals surface area contributed by atoms with Crippen molar-refractivity contribution in [3.8, 4) is 0 Å². The van der Waals surface area contributed by atoms with Crippen LogP contribution in [-0.2, 0) is 11.2 Å². The van der Waals surface area contributed by atoms with Gasteiger partial charge in [-0.3, -0.25) is 9.89 Å². The van der Waals surface area contributed by atoms with Gasteiger partial charge in [0.2, 0.25) is 11.1 Å². The summed E-state index contributed by atoms with van der Waals surface area (Å²) in [6.45, 7) is 2.49. The number of aromatic nitrogens is 4. The lowest BCUT2D eigenvalue weighted by atomic mass is 10.3. The molecule has 3 rings (SSSR count). The van der Waals surface area contributed by atoms with Crippen molar-refractivity contribution in [3.05, 3.63) is 35.1 Å². The molecule has 1 aromatic carbocycles. The van der Waals surface area contributed by atoms with Crippen molar-refractivity contribution < 1.29 is 4.79 Å². The predicted molar refractivity (Wildman–Crippen MR) is 92.8 cm³/mol. The Morgan fingerprint density at radius 2 is 2.22 bits per heavy atom. The van der Waals surface area contributed by atoms with Gasteiger partial charge >= 0.3 is 0 Å². The van der Waals surface area contributed by atoms with E-state index in [1.807, 2.05) is 25.1 Å². The monoisotopic (exact) mass is 347 g/mol. The Balaban J connectivity index is 1.36. The molecule has 0 spiro atoms. The number of hydrogen-bond donors (Lipinski definition) is 2. The summed E-state index contributed by atoms with van der Waals surface area (Å²) in [6.07, 6.45) is 1.77. The van der Waals surface area contributed by atoms with Crippen LogP contribution >= 0.6 is 23.1 Å². The van der Waals surface area contributed by atoms with E-state index >= 15 is 0 Å². The third-order valence-electron chi connectivity index (χ3n) is 3.14. The van der Waals surface area contributed by atoms with Crippen molar-refractivity contribution in [2.75, 3.05) is 12.3 Å². The van der Waals surface area contributed by atoms with E-state index in [0.29, 0.717) is 17.5 Å². The third-order valence-corrected chi connectivity index (χ3v) is 5.08. The molecular weight excluding hydrogens is 330 g/mol. The quantitative estimate of drug-likeness (QED) is 0.507. The number of aromatic amines is 1. The van der Waals surface area contributed by atoms with Gasteiger partial charge in [0.1, 0.15) is 5.82 Å². The second kappa shape index (κ2) is 7.56. The lowest BCUT2D eigenvalue weighted by molar-refractivity contribution is -0.118. The van der Waals surface area contributed by atoms with Crippen LogP contribution in [0.25, 0.3) is 10.2 Å². The predicted octanol–water partition coefficient (Wildman–Crippen LogP) is 2.56. The second-order valence-corrected chi connectivity index (χ2v) is 7.08. The molecule has 23 heavy (non-hydrogen) atoms. The Morgan fingerprint density at radius 1 is 1.35 bits per heavy atom. The molecular formula is C15H17N5OS2. The average molecular weight is 347 g/mol. The van der Waals surface area contributed by atoms with Gasteiger partial charge in [-0.2, -0.15) is 0 Å². The molecule has 2 N–H and O–H groups in total. The van der Waals surface area contributed by atoms with Crippen LogP contribution in [-0.4, -0.2) is 38.4 Å². The minimum Gasteiger partial charge on any atom is -0.355 e. The van der Waals surface area contributed by atoms with Gasteiger partial charge in [-0.05, 0) is 25.5 Å². The lowest BCUT2D eigenvalue weighted by Crippen LogP contribution is -2.26. The first-order valence-electron chi connectivity index (χ1n) is 7.33. The number of hydrogen-bond acceptors (Lipinski definition) is 6. The van der Waals surface area contributed by atoms with Crippen molar-refractivity contribution in [2.45, 2.75) is 24.9 Å². The maximum Gasteiger partial charge on any atom is 0.230 e. The summed E-state index contributed by atoms with van der Waals surface area (Å²) < 4.78 is 1.21. The van der Waals surface area contributed by atoms with Crippen LogP contribution in [0.3, 0.4) is 0 Å². The highest BCUT2D eigenvalue weighted by Gasteiger charge is 2.07. The first-order chi connectivity index (χ1) is 11.2. The van der Waals surface area contributed by atoms with Gasteiger partial charge < -0.3 is 5.32 Å². The Morgan fingerprint density at radius 3 is 3.00 bits per heavy atom. The van der Waals surface area contributed by atoms with Gasteiger partial charge in [-0.1, -0.05) is 23.9 Å². The van der Waals surface area contributed by atoms with Crippen molar-refractivity contribution in [1.29, 1.82) is 0 Å². The zero-order valence-electron chi connectivity index (χ0n) is 12.7. The molecule has 0 atom stereocenters. The SMILES string of the molecule is Cc1nc(SCC(=O)NCCCc2nc3ccccc3s2)n[nH]1. The number of para-hydroxylation sites is 1. The molecule has 120 valence electrons. The molecule has 0 unspecified atom stereocenters. The largest absolute Gasteiger partial charge is 0.355 e. The molecule has 0 fully saturated rings. The van der Waals surface area contributed by atoms with E-state index in [4.69, 9.17) is 0 Å². The summed E-state index contributed by atoms with van der Waals surface area (Å²) in [5, 5.41) is 11.4. The van der Waals surface area contributed by atoms with Gasteiger partial charge in [0, 0.05) is 13.0 Å². The van der Waals surface area contributed by atoms with Gasteiger partial charge in [-0.25, -0.2) is 9.97 Å². The van der Waals surface area contributed by atoms with Crippen LogP contribution in [0.4, 0.5) is 0 Å². The van der Waals surface area contributed by atoms with E-state index in [0.717, 1.165) is 29.2 Å². The number of carbonyl (C=O) groups is 1. The molecule has 0 aliphatic rings. The summed E-state index contributed by atoms with van der Waals surface area (Å²) in [5.41, 5.74) is 1.05. The number of thioether (sulfide) groups is 1. The summed E-state index contributed by atoms with van der Waals surface area (Å²) in [7, 11) is 0. The Hall–Kier alpha value is -1.93. The van der Waals surface area contributed by atoms with Crippen molar-refractivity contribution >= 4 is 39.2 Å². The summed E-state index contributed by atoms with van der Waals surface area (Å²) >= 11 is 3.05. The van der Waals surface area contributed by atoms with Crippen LogP contribution in [0, 0.1) is 6.92 Å². The van der Waals surface area contributed by atoms with Crippen molar-refractivity contribution in [3.63, 3.8) is 0 Å². The first-order valence-corrected chi connectivity index (χ1v) is 9.14. The molecule has 1 amide bonds. The number of aryl methyl sites for hydroxylation is 2. The Labute approximate surface area is 142 Å². The van der Waals surface area contributed by atoms with Crippen LogP contribution in [0.2, 0.25) is 0 Å². The van der Waals surface area contributed by atoms with Gasteiger partial charge in [0.15, 0.2) is 0 Å². The number of H-pyrrole nitrogens is 1. The van der Waals surface area contributed by atoms with E-state index in [1.54, 1.807) is 11.3 Å². The zero-order chi connectivity index (χ0) is 16.1. The minimum absolute atomic E-state index is 0.00162. The van der Waals surface area contributed by atoms with Gasteiger partial charge in [-0.15, -0.1) is 16.4 Å². The van der Waals surface area contributed by atoms with Crippen LogP contribution in [0.15, 0.2) is 29.4 Å². The fourth-order valence-corrected chi connectivity index (χ4v) is 3.75. The molecule has 0 bridgehead atoms. The maximum absolute atomic E-state index is 11.8. The number of fused-ring (bicyclic) bond motifs is 1. The number of carbonyl (C=O) groups excluding carboxylic acids is 1. The molecule has 0 saturated heterocycles. The number of amides is 1. The maximum atomic E-state index is 11.8. The van der Waals surface area contributed by atoms with Crippen LogP contribution < -0.4 is 5.32 Å². The summed E-state index contributed by atoms with van der Waals surface area (Å²) in [4.78, 5) is 20.5. The number of rotatable bonds is 7. The highest BCUT2D eigenvalue weighted by atomic mass is 32.2. The highest BCUT2D eigenvalue weighted by molar-refractivity contribution is 7.99. The molecule has 0 aliphatic carbocycles. The van der Waals surface area contributed by atoms with Crippen molar-refractivity contribution in [2.24, 2.45) is 0 Å². The van der Waals surface area contributed by atoms with E-state index in [-0.39, 0.29) is 5.91 Å². The number of nitrogens with one attached hydrogen (secondary N) is 2. The van der Waals surface area contributed by atoms with E-state index < -0.39 is 0 Å². The third kappa shape index (κ3) is 4.52. The molecule has 6 nitrogen and oxygen atoms in total. The number of thiazole rings is 1. The highest BCUT2D eigenvalue weighted by Crippen LogP contribution is 2.22. The fourth-order valence-electron chi connectivity index (χ4n) is 2.06. The molecule has 2 heterocycles. The lowest BCUT2D eigenvalue weighted by Gasteiger charge is -2.02. The standard InChI is InChI=1S/C15H17N5OS2/c1-10-17-15(20-19-10)22-9-13(21)16-8-4-7-14-18-11-5-2-3-6-12(11)23-14/h2-3,5-6H,4,7-9H2,1H3,(H,16,21)(H,17,19,20). The number of nitrogens with zero attached hydrogens (tertiary/aromatic N) is 3. The van der Waals surface area contributed by atoms with E-state index in [2.05, 4.69) is 31.5 Å². The fraction of sp³-hybridized carbons (Fsp3) is 0.333. The van der Waals surface area contributed by atoms with Crippen LogP contribution in [0.5, 0.6) is 0 Å². The summed E-state index contributed by atoms with van der Waals surface area (Å²) in [5.74, 6) is 1.09. The van der Waals surface area contributed by atoms with Crippen molar-refractivity contribution in [1.82, 2.24) is 25.5 Å². The molecule has 8 heteroatoms. The number of benzene rings is 1. The molecule has 0 aliphatic heterocycles. The average Bonchev–Trinajstić information content (AvgIpc) is 3.15. The minimum atomic E-state index is 0.00162. The molecule has 2 aromatic heterocycles. The van der Waals surface area contributed by atoms with Gasteiger partial charge in [0.25, 0.3) is 0 Å². The normalized spacial score (nSPS) is 11.0. The Kier molecular flexibility index (Phi) is 5.24. The Bertz CT molecular complexity index is 765. The second-order valence-electron chi connectivity index (χ2n) is 5.02. The molecule has 0 radical (unpaired) electrons. The first kappa shape index (κ1) is 15.9.